The van der Waals surface area contributed by atoms with E-state index in [0.717, 1.165) is 6.44 Å². The lowest BCUT2D eigenvalue weighted by Crippen LogP contribution is -2.81. The Morgan fingerprint density at radius 2 is 2.33 bits per heavy atom. The molecule has 6 heavy (non-hydrogen) atoms. The molecule has 0 aliphatic carbocycles. The third-order valence-corrected chi connectivity index (χ3v) is 0.372. The van der Waals surface area contributed by atoms with Crippen LogP contribution in [-0.4, -0.2) is 28.4 Å². The zero-order valence-corrected chi connectivity index (χ0v) is 3.44. The van der Waals surface area contributed by atoms with Crippen molar-refractivity contribution in [1.82, 2.24) is 0 Å². The zero-order chi connectivity index (χ0) is 4.12. The van der Waals surface area contributed by atoms with Gasteiger partial charge in [0.1, 0.15) is 7.17 Å². The predicted octanol–water partition coefficient (Wildman–Crippen LogP) is -1.44. The Hall–Kier alpha value is 0.0899. The fraction of sp³-hybridized carbons (Fsp3) is 1.00. The van der Waals surface area contributed by atoms with Gasteiger partial charge in [0.2, 0.25) is 0 Å². The Morgan fingerprint density at radius 1 is 1.83 bits per heavy atom. The van der Waals surface area contributed by atoms with Gasteiger partial charge in [-0.25, -0.2) is 0 Å². The molecule has 0 atom stereocenters. The maximum atomic E-state index is 4.98. The lowest BCUT2D eigenvalue weighted by Gasteiger charge is -1.80. The van der Waals surface area contributed by atoms with Crippen molar-refractivity contribution >= 4 is 14.9 Å². The second-order valence-corrected chi connectivity index (χ2v) is 0.880. The summed E-state index contributed by atoms with van der Waals surface area (Å²) in [7, 11) is 8.58. The molecule has 0 rings (SSSR count). The molecule has 0 fully saturated rings. The van der Waals surface area contributed by atoms with Gasteiger partial charge < -0.3 is 5.32 Å². The first kappa shape index (κ1) is 9.43. The van der Waals surface area contributed by atoms with Crippen LogP contribution in [-0.2, 0) is 0 Å². The van der Waals surface area contributed by atoms with Crippen LogP contribution < -0.4 is 5.32 Å². The highest BCUT2D eigenvalue weighted by Gasteiger charge is 1.72. The van der Waals surface area contributed by atoms with Crippen molar-refractivity contribution in [1.29, 1.82) is 0 Å². The molecular formula is C3H11B2N+. The van der Waals surface area contributed by atoms with E-state index in [9.17, 15) is 0 Å². The van der Waals surface area contributed by atoms with Crippen LogP contribution >= 0.6 is 0 Å². The molecular weight excluding hydrogens is 71.7 g/mol. The van der Waals surface area contributed by atoms with E-state index < -0.39 is 0 Å². The van der Waals surface area contributed by atoms with Crippen LogP contribution in [0.4, 0.5) is 0 Å². The van der Waals surface area contributed by atoms with E-state index in [4.69, 9.17) is 7.74 Å². The maximum absolute atomic E-state index is 4.98. The van der Waals surface area contributed by atoms with Crippen molar-refractivity contribution in [3.05, 3.63) is 0 Å². The van der Waals surface area contributed by atoms with Gasteiger partial charge in [0.05, 0.1) is 7.05 Å². The van der Waals surface area contributed by atoms with Crippen molar-refractivity contribution in [3.8, 4) is 0 Å². The van der Waals surface area contributed by atoms with Gasteiger partial charge in [0, 0.05) is 14.2 Å². The van der Waals surface area contributed by atoms with Gasteiger partial charge in [-0.15, -0.1) is 0 Å². The predicted molar refractivity (Wildman–Crippen MR) is 31.0 cm³/mol. The minimum Gasteiger partial charge on any atom is -0.357 e. The SMILES string of the molecule is C.[B][B]C[NH2+]C. The van der Waals surface area contributed by atoms with Crippen molar-refractivity contribution in [2.24, 2.45) is 0 Å². The normalized spacial score (nSPS) is 6.17. The van der Waals surface area contributed by atoms with Crippen LogP contribution in [0.3, 0.4) is 0 Å². The van der Waals surface area contributed by atoms with Crippen LogP contribution in [0.2, 0.25) is 0 Å². The summed E-state index contributed by atoms with van der Waals surface area (Å²) in [5.41, 5.74) is 0. The Kier molecular flexibility index (Phi) is 14.0. The summed E-state index contributed by atoms with van der Waals surface area (Å²) in [6.07, 6.45) is 0.917. The van der Waals surface area contributed by atoms with Gasteiger partial charge in [-0.2, -0.15) is 0 Å². The highest BCUT2D eigenvalue weighted by Crippen LogP contribution is 1.22. The number of rotatable bonds is 2. The summed E-state index contributed by atoms with van der Waals surface area (Å²) < 4.78 is 0. The van der Waals surface area contributed by atoms with Gasteiger partial charge in [-0.1, -0.05) is 7.43 Å². The van der Waals surface area contributed by atoms with Crippen LogP contribution in [0.1, 0.15) is 7.43 Å². The molecule has 3 heteroatoms. The number of hydrogen-bond donors (Lipinski definition) is 1. The number of nitrogens with two attached hydrogens (primary N) is 1. The van der Waals surface area contributed by atoms with Crippen LogP contribution in [0.15, 0.2) is 0 Å². The zero-order valence-electron chi connectivity index (χ0n) is 3.44. The second kappa shape index (κ2) is 8.92. The Balaban J connectivity index is 0. The molecule has 0 heterocycles. The smallest absolute Gasteiger partial charge is 0.130 e. The summed E-state index contributed by atoms with van der Waals surface area (Å²) in [5, 5.41) is 2.00. The minimum absolute atomic E-state index is 0. The van der Waals surface area contributed by atoms with Gasteiger partial charge in [-0.05, 0) is 0 Å². The standard InChI is InChI=1S/C2H6B2N.CH4/c1-5-2-4-3;/h5H,2H2,1H3;1H4/p+1. The van der Waals surface area contributed by atoms with Gasteiger partial charge >= 0.3 is 0 Å². The third kappa shape index (κ3) is 8.94. The second-order valence-electron chi connectivity index (χ2n) is 0.880. The summed E-state index contributed by atoms with van der Waals surface area (Å²) in [6, 6.07) is 0. The quantitative estimate of drug-likeness (QED) is 0.393. The molecule has 0 spiro atoms. The molecule has 2 N–H and O–H groups in total. The van der Waals surface area contributed by atoms with Crippen molar-refractivity contribution < 1.29 is 5.32 Å². The number of hydrogen-bond acceptors (Lipinski definition) is 0. The van der Waals surface area contributed by atoms with Crippen LogP contribution in [0, 0.1) is 0 Å². The van der Waals surface area contributed by atoms with Gasteiger partial charge in [-0.3, -0.25) is 0 Å². The molecule has 0 amide bonds. The van der Waals surface area contributed by atoms with E-state index in [-0.39, 0.29) is 7.43 Å². The molecule has 0 saturated carbocycles. The monoisotopic (exact) mass is 83.1 g/mol. The van der Waals surface area contributed by atoms with Crippen molar-refractivity contribution in [2.45, 2.75) is 7.43 Å². The van der Waals surface area contributed by atoms with Crippen LogP contribution in [0.25, 0.3) is 0 Å². The first-order valence-corrected chi connectivity index (χ1v) is 1.73. The highest BCUT2D eigenvalue weighted by atomic mass is 14.8. The molecule has 0 saturated heterocycles. The molecule has 1 nitrogen and oxygen atoms in total. The van der Waals surface area contributed by atoms with E-state index in [2.05, 4.69) is 0 Å². The summed E-state index contributed by atoms with van der Waals surface area (Å²) in [5.74, 6) is 0. The van der Waals surface area contributed by atoms with Gasteiger partial charge in [0.15, 0.2) is 0 Å². The largest absolute Gasteiger partial charge is 0.357 e. The molecule has 3 radical (unpaired) electrons. The van der Waals surface area contributed by atoms with Crippen molar-refractivity contribution in [2.75, 3.05) is 13.5 Å². The Morgan fingerprint density at radius 3 is 2.33 bits per heavy atom. The van der Waals surface area contributed by atoms with Gasteiger partial charge in [0.25, 0.3) is 0 Å². The van der Waals surface area contributed by atoms with E-state index in [1.165, 1.54) is 0 Å². The molecule has 0 aliphatic heterocycles. The lowest BCUT2D eigenvalue weighted by molar-refractivity contribution is -0.610. The minimum atomic E-state index is 0. The average molecular weight is 82.8 g/mol. The molecule has 0 aromatic carbocycles. The molecule has 0 aromatic heterocycles. The van der Waals surface area contributed by atoms with E-state index in [1.807, 2.05) is 12.4 Å². The highest BCUT2D eigenvalue weighted by molar-refractivity contribution is 6.89. The third-order valence-electron chi connectivity index (χ3n) is 0.372. The first-order valence-electron chi connectivity index (χ1n) is 1.73. The molecule has 0 unspecified atom stereocenters. The summed E-state index contributed by atoms with van der Waals surface area (Å²) in [4.78, 5) is 0. The van der Waals surface area contributed by atoms with E-state index >= 15 is 0 Å². The number of quaternary nitrogens is 1. The summed E-state index contributed by atoms with van der Waals surface area (Å²) in [6.45, 7) is 0. The van der Waals surface area contributed by atoms with E-state index in [0.29, 0.717) is 0 Å². The fourth-order valence-electron chi connectivity index (χ4n) is 0.136. The molecule has 33 valence electrons. The Bertz CT molecular complexity index is 16.3. The average Bonchev–Trinajstić information content (AvgIpc) is 1.41. The first-order chi connectivity index (χ1) is 2.41. The topological polar surface area (TPSA) is 16.6 Å². The van der Waals surface area contributed by atoms with Crippen LogP contribution in [0.5, 0.6) is 0 Å². The van der Waals surface area contributed by atoms with Crippen molar-refractivity contribution in [3.63, 3.8) is 0 Å². The fourth-order valence-corrected chi connectivity index (χ4v) is 0.136. The Labute approximate surface area is 42.1 Å². The lowest BCUT2D eigenvalue weighted by atomic mass is 9.56. The molecule has 0 aromatic rings. The molecule has 0 bridgehead atoms. The van der Waals surface area contributed by atoms with E-state index in [1.54, 1.807) is 7.17 Å². The molecule has 0 aliphatic rings. The summed E-state index contributed by atoms with van der Waals surface area (Å²) >= 11 is 0. The maximum Gasteiger partial charge on any atom is 0.130 e.